The standard InChI is InChI=1S/C15H19N3O2/c1-20-15(19)13-7-4-8-18-12(10-17-14(13)18)9-16-11-5-2-3-6-11/h4,7-8,10-11,16H,2-3,5-6,9H2,1H3. The molecule has 0 spiro atoms. The molecule has 2 heterocycles. The molecule has 2 aromatic rings. The molecule has 3 rings (SSSR count). The van der Waals surface area contributed by atoms with Crippen LogP contribution in [-0.2, 0) is 11.3 Å². The summed E-state index contributed by atoms with van der Waals surface area (Å²) in [5.74, 6) is -0.350. The zero-order valence-corrected chi connectivity index (χ0v) is 11.6. The van der Waals surface area contributed by atoms with E-state index in [1.54, 1.807) is 6.07 Å². The van der Waals surface area contributed by atoms with Gasteiger partial charge in [0.2, 0.25) is 0 Å². The van der Waals surface area contributed by atoms with Gasteiger partial charge in [0.15, 0.2) is 5.65 Å². The number of rotatable bonds is 4. The minimum atomic E-state index is -0.350. The molecule has 1 N–H and O–H groups in total. The van der Waals surface area contributed by atoms with Crippen molar-refractivity contribution in [1.29, 1.82) is 0 Å². The second-order valence-electron chi connectivity index (χ2n) is 5.22. The summed E-state index contributed by atoms with van der Waals surface area (Å²) < 4.78 is 6.74. The molecule has 0 amide bonds. The molecule has 20 heavy (non-hydrogen) atoms. The van der Waals surface area contributed by atoms with E-state index in [1.807, 2.05) is 22.9 Å². The Kier molecular flexibility index (Phi) is 3.69. The van der Waals surface area contributed by atoms with Crippen molar-refractivity contribution in [3.63, 3.8) is 0 Å². The molecule has 0 atom stereocenters. The van der Waals surface area contributed by atoms with Gasteiger partial charge in [-0.05, 0) is 25.0 Å². The molecule has 0 bridgehead atoms. The summed E-state index contributed by atoms with van der Waals surface area (Å²) in [5.41, 5.74) is 2.22. The Bertz CT molecular complexity index is 615. The number of carbonyl (C=O) groups excluding carboxylic acids is 1. The van der Waals surface area contributed by atoms with Crippen molar-refractivity contribution >= 4 is 11.6 Å². The molecule has 5 heteroatoms. The molecular formula is C15H19N3O2. The summed E-state index contributed by atoms with van der Waals surface area (Å²) in [6.07, 6.45) is 8.90. The van der Waals surface area contributed by atoms with Gasteiger partial charge in [-0.2, -0.15) is 0 Å². The van der Waals surface area contributed by atoms with Gasteiger partial charge in [-0.1, -0.05) is 12.8 Å². The normalized spacial score (nSPS) is 15.8. The van der Waals surface area contributed by atoms with Crippen LogP contribution in [0.25, 0.3) is 5.65 Å². The molecule has 5 nitrogen and oxygen atoms in total. The van der Waals surface area contributed by atoms with Gasteiger partial charge in [-0.3, -0.25) is 0 Å². The average Bonchev–Trinajstić information content (AvgIpc) is 3.13. The number of ether oxygens (including phenoxy) is 1. The first-order valence-corrected chi connectivity index (χ1v) is 7.06. The zero-order chi connectivity index (χ0) is 13.9. The first-order chi connectivity index (χ1) is 9.79. The molecule has 2 aromatic heterocycles. The smallest absolute Gasteiger partial charge is 0.341 e. The van der Waals surface area contributed by atoms with Crippen LogP contribution in [0.15, 0.2) is 24.5 Å². The van der Waals surface area contributed by atoms with Crippen molar-refractivity contribution in [1.82, 2.24) is 14.7 Å². The van der Waals surface area contributed by atoms with Crippen molar-refractivity contribution in [2.75, 3.05) is 7.11 Å². The first kappa shape index (κ1) is 13.1. The molecule has 1 saturated carbocycles. The first-order valence-electron chi connectivity index (χ1n) is 7.06. The third kappa shape index (κ3) is 2.41. The van der Waals surface area contributed by atoms with E-state index in [0.29, 0.717) is 17.3 Å². The topological polar surface area (TPSA) is 55.6 Å². The fraction of sp³-hybridized carbons (Fsp3) is 0.467. The van der Waals surface area contributed by atoms with Crippen molar-refractivity contribution in [2.24, 2.45) is 0 Å². The van der Waals surface area contributed by atoms with E-state index in [9.17, 15) is 4.79 Å². The highest BCUT2D eigenvalue weighted by atomic mass is 16.5. The number of pyridine rings is 1. The van der Waals surface area contributed by atoms with Crippen molar-refractivity contribution in [2.45, 2.75) is 38.3 Å². The van der Waals surface area contributed by atoms with Crippen LogP contribution in [0.1, 0.15) is 41.7 Å². The highest BCUT2D eigenvalue weighted by Crippen LogP contribution is 2.19. The Balaban J connectivity index is 1.83. The predicted molar refractivity (Wildman–Crippen MR) is 75.6 cm³/mol. The van der Waals surface area contributed by atoms with Crippen LogP contribution in [0.3, 0.4) is 0 Å². The summed E-state index contributed by atoms with van der Waals surface area (Å²) in [4.78, 5) is 16.1. The second kappa shape index (κ2) is 5.63. The van der Waals surface area contributed by atoms with Gasteiger partial charge in [0.25, 0.3) is 0 Å². The number of hydrogen-bond donors (Lipinski definition) is 1. The lowest BCUT2D eigenvalue weighted by atomic mass is 10.2. The van der Waals surface area contributed by atoms with Crippen LogP contribution in [0.2, 0.25) is 0 Å². The molecule has 0 radical (unpaired) electrons. The lowest BCUT2D eigenvalue weighted by Gasteiger charge is -2.11. The van der Waals surface area contributed by atoms with Crippen LogP contribution in [0.4, 0.5) is 0 Å². The number of fused-ring (bicyclic) bond motifs is 1. The molecule has 106 valence electrons. The van der Waals surface area contributed by atoms with Crippen molar-refractivity contribution in [3.05, 3.63) is 35.8 Å². The number of nitrogens with zero attached hydrogens (tertiary/aromatic N) is 2. The van der Waals surface area contributed by atoms with Gasteiger partial charge in [0, 0.05) is 18.8 Å². The van der Waals surface area contributed by atoms with Gasteiger partial charge in [-0.25, -0.2) is 9.78 Å². The van der Waals surface area contributed by atoms with E-state index >= 15 is 0 Å². The van der Waals surface area contributed by atoms with Crippen LogP contribution in [0, 0.1) is 0 Å². The Labute approximate surface area is 118 Å². The Hall–Kier alpha value is -1.88. The fourth-order valence-electron chi connectivity index (χ4n) is 2.84. The summed E-state index contributed by atoms with van der Waals surface area (Å²) in [7, 11) is 1.39. The van der Waals surface area contributed by atoms with Crippen molar-refractivity contribution in [3.8, 4) is 0 Å². The summed E-state index contributed by atoms with van der Waals surface area (Å²) in [6.45, 7) is 0.774. The number of hydrogen-bond acceptors (Lipinski definition) is 4. The van der Waals surface area contributed by atoms with E-state index in [-0.39, 0.29) is 5.97 Å². The zero-order valence-electron chi connectivity index (χ0n) is 11.6. The predicted octanol–water partition coefficient (Wildman–Crippen LogP) is 2.15. The summed E-state index contributed by atoms with van der Waals surface area (Å²) in [5, 5.41) is 3.56. The molecule has 1 aliphatic carbocycles. The summed E-state index contributed by atoms with van der Waals surface area (Å²) >= 11 is 0. The van der Waals surface area contributed by atoms with E-state index in [1.165, 1.54) is 32.8 Å². The minimum Gasteiger partial charge on any atom is -0.465 e. The third-order valence-corrected chi connectivity index (χ3v) is 3.94. The quantitative estimate of drug-likeness (QED) is 0.867. The molecule has 0 saturated heterocycles. The van der Waals surface area contributed by atoms with E-state index < -0.39 is 0 Å². The maximum Gasteiger partial charge on any atom is 0.341 e. The summed E-state index contributed by atoms with van der Waals surface area (Å²) in [6, 6.07) is 4.20. The third-order valence-electron chi connectivity index (χ3n) is 3.94. The maximum atomic E-state index is 11.7. The Morgan fingerprint density at radius 1 is 1.50 bits per heavy atom. The molecule has 0 aliphatic heterocycles. The lowest BCUT2D eigenvalue weighted by molar-refractivity contribution is 0.0602. The molecule has 1 fully saturated rings. The number of imidazole rings is 1. The van der Waals surface area contributed by atoms with E-state index in [2.05, 4.69) is 10.3 Å². The number of methoxy groups -OCH3 is 1. The fourth-order valence-corrected chi connectivity index (χ4v) is 2.84. The van der Waals surface area contributed by atoms with Gasteiger partial charge in [0.05, 0.1) is 19.0 Å². The number of nitrogens with one attached hydrogen (secondary N) is 1. The Morgan fingerprint density at radius 2 is 2.30 bits per heavy atom. The van der Waals surface area contributed by atoms with Gasteiger partial charge in [-0.15, -0.1) is 0 Å². The average molecular weight is 273 g/mol. The highest BCUT2D eigenvalue weighted by molar-refractivity contribution is 5.95. The molecule has 0 aromatic carbocycles. The molecule has 0 unspecified atom stereocenters. The highest BCUT2D eigenvalue weighted by Gasteiger charge is 2.16. The Morgan fingerprint density at radius 3 is 3.05 bits per heavy atom. The van der Waals surface area contributed by atoms with Crippen LogP contribution in [-0.4, -0.2) is 28.5 Å². The van der Waals surface area contributed by atoms with Crippen LogP contribution >= 0.6 is 0 Å². The number of carbonyl (C=O) groups is 1. The largest absolute Gasteiger partial charge is 0.465 e. The number of esters is 1. The monoisotopic (exact) mass is 273 g/mol. The van der Waals surface area contributed by atoms with E-state index in [0.717, 1.165) is 12.2 Å². The molecule has 1 aliphatic rings. The van der Waals surface area contributed by atoms with Crippen LogP contribution in [0.5, 0.6) is 0 Å². The number of aromatic nitrogens is 2. The van der Waals surface area contributed by atoms with Crippen molar-refractivity contribution < 1.29 is 9.53 Å². The van der Waals surface area contributed by atoms with Gasteiger partial charge in [0.1, 0.15) is 5.56 Å². The second-order valence-corrected chi connectivity index (χ2v) is 5.22. The van der Waals surface area contributed by atoms with Gasteiger partial charge >= 0.3 is 5.97 Å². The maximum absolute atomic E-state index is 11.7. The minimum absolute atomic E-state index is 0.350. The lowest BCUT2D eigenvalue weighted by Crippen LogP contribution is -2.25. The van der Waals surface area contributed by atoms with Crippen LogP contribution < -0.4 is 5.32 Å². The molecular weight excluding hydrogens is 254 g/mol. The van der Waals surface area contributed by atoms with E-state index in [4.69, 9.17) is 4.74 Å². The van der Waals surface area contributed by atoms with Gasteiger partial charge < -0.3 is 14.5 Å². The SMILES string of the molecule is COC(=O)c1cccn2c(CNC3CCCC3)cnc12.